The minimum absolute atomic E-state index is 0.0217. The number of hydrogen-bond acceptors (Lipinski definition) is 6. The Hall–Kier alpha value is -2.42. The molecule has 0 aromatic carbocycles. The number of carbonyl (C=O) groups is 3. The molecule has 0 saturated carbocycles. The molecule has 0 aliphatic carbocycles. The van der Waals surface area contributed by atoms with Gasteiger partial charge in [0, 0.05) is 25.7 Å². The Morgan fingerprint density at radius 2 is 2.05 bits per heavy atom. The first-order chi connectivity index (χ1) is 9.56. The lowest BCUT2D eigenvalue weighted by molar-refractivity contribution is -0.156. The Bertz CT molecular complexity index is 541. The Morgan fingerprint density at radius 3 is 2.70 bits per heavy atom. The summed E-state index contributed by atoms with van der Waals surface area (Å²) < 4.78 is 4.94. The van der Waals surface area contributed by atoms with E-state index in [1.807, 2.05) is 12.3 Å². The predicted octanol–water partition coefficient (Wildman–Crippen LogP) is -1.53. The molecule has 9 heteroatoms. The molecule has 0 radical (unpaired) electrons. The van der Waals surface area contributed by atoms with Crippen molar-refractivity contribution < 1.29 is 18.9 Å². The zero-order chi connectivity index (χ0) is 14.7. The summed E-state index contributed by atoms with van der Waals surface area (Å²) in [6.07, 6.45) is 0. The van der Waals surface area contributed by atoms with Gasteiger partial charge in [0.05, 0.1) is 6.54 Å². The average Bonchev–Trinajstić information content (AvgIpc) is 2.92. The normalized spacial score (nSPS) is 15.7. The van der Waals surface area contributed by atoms with Crippen LogP contribution >= 0.6 is 0 Å². The number of amides is 3. The van der Waals surface area contributed by atoms with Crippen molar-refractivity contribution in [2.75, 3.05) is 19.6 Å². The number of rotatable bonds is 4. The van der Waals surface area contributed by atoms with E-state index in [9.17, 15) is 14.4 Å². The number of aromatic nitrogens is 1. The van der Waals surface area contributed by atoms with Crippen LogP contribution in [0.15, 0.2) is 10.6 Å². The van der Waals surface area contributed by atoms with Crippen molar-refractivity contribution >= 4 is 17.7 Å². The van der Waals surface area contributed by atoms with Gasteiger partial charge in [-0.15, -0.1) is 0 Å². The van der Waals surface area contributed by atoms with Gasteiger partial charge in [-0.25, -0.2) is 5.84 Å². The van der Waals surface area contributed by atoms with E-state index in [0.29, 0.717) is 25.4 Å². The minimum atomic E-state index is -0.585. The van der Waals surface area contributed by atoms with Gasteiger partial charge in [0.25, 0.3) is 5.91 Å². The lowest BCUT2D eigenvalue weighted by Gasteiger charge is -2.32. The van der Waals surface area contributed by atoms with Crippen molar-refractivity contribution in [2.24, 2.45) is 5.84 Å². The van der Waals surface area contributed by atoms with Gasteiger partial charge in [-0.3, -0.25) is 19.8 Å². The Morgan fingerprint density at radius 1 is 1.40 bits per heavy atom. The number of nitrogen functional groups attached to an aromatic ring is 1. The molecule has 2 heterocycles. The summed E-state index contributed by atoms with van der Waals surface area (Å²) in [5.41, 5.74) is 1.95. The van der Waals surface area contributed by atoms with Crippen molar-refractivity contribution in [1.82, 2.24) is 20.4 Å². The van der Waals surface area contributed by atoms with Gasteiger partial charge in [0.15, 0.2) is 11.5 Å². The second-order valence-corrected chi connectivity index (χ2v) is 4.26. The van der Waals surface area contributed by atoms with Crippen LogP contribution in [0.1, 0.15) is 23.2 Å². The molecule has 9 nitrogen and oxygen atoms in total. The molecule has 1 aromatic heterocycles. The zero-order valence-corrected chi connectivity index (χ0v) is 11.0. The molecular weight excluding hydrogens is 266 g/mol. The number of carbonyl (C=O) groups excluding carboxylic acids is 3. The molecule has 108 valence electrons. The summed E-state index contributed by atoms with van der Waals surface area (Å²) in [5.74, 6) is 3.59. The van der Waals surface area contributed by atoms with Crippen molar-refractivity contribution in [3.63, 3.8) is 0 Å². The Kier molecular flexibility index (Phi) is 3.99. The molecule has 0 bridgehead atoms. The van der Waals surface area contributed by atoms with Crippen molar-refractivity contribution in [3.05, 3.63) is 17.5 Å². The minimum Gasteiger partial charge on any atom is -0.359 e. The molecule has 1 saturated heterocycles. The van der Waals surface area contributed by atoms with E-state index in [-0.39, 0.29) is 12.2 Å². The fraction of sp³-hybridized carbons (Fsp3) is 0.455. The number of likely N-dealkylation sites (N-methyl/N-ethyl adjacent to an activating group) is 1. The molecule has 0 atom stereocenters. The maximum Gasteiger partial charge on any atom is 0.312 e. The van der Waals surface area contributed by atoms with Gasteiger partial charge in [0.1, 0.15) is 0 Å². The first-order valence-electron chi connectivity index (χ1n) is 6.11. The van der Waals surface area contributed by atoms with E-state index in [1.54, 1.807) is 0 Å². The summed E-state index contributed by atoms with van der Waals surface area (Å²) in [6.45, 7) is 3.30. The maximum atomic E-state index is 11.9. The summed E-state index contributed by atoms with van der Waals surface area (Å²) >= 11 is 0. The molecule has 0 unspecified atom stereocenters. The SMILES string of the molecule is CCN1CCN(Cc2cc(C(=O)NN)no2)C(=O)C1=O. The van der Waals surface area contributed by atoms with E-state index in [4.69, 9.17) is 10.4 Å². The van der Waals surface area contributed by atoms with Crippen LogP contribution in [0, 0.1) is 0 Å². The highest BCUT2D eigenvalue weighted by Crippen LogP contribution is 2.11. The number of piperazine rings is 1. The van der Waals surface area contributed by atoms with E-state index >= 15 is 0 Å². The molecule has 1 fully saturated rings. The third-order valence-corrected chi connectivity index (χ3v) is 3.05. The second kappa shape index (κ2) is 5.70. The van der Waals surface area contributed by atoms with Gasteiger partial charge in [-0.05, 0) is 6.92 Å². The molecule has 1 aliphatic heterocycles. The van der Waals surface area contributed by atoms with E-state index in [2.05, 4.69) is 5.16 Å². The predicted molar refractivity (Wildman–Crippen MR) is 65.8 cm³/mol. The number of nitrogens with one attached hydrogen (secondary N) is 1. The molecule has 3 amide bonds. The summed E-state index contributed by atoms with van der Waals surface area (Å²) in [5, 5.41) is 3.53. The smallest absolute Gasteiger partial charge is 0.312 e. The highest BCUT2D eigenvalue weighted by Gasteiger charge is 2.32. The molecule has 0 spiro atoms. The first kappa shape index (κ1) is 14.0. The average molecular weight is 281 g/mol. The van der Waals surface area contributed by atoms with Gasteiger partial charge < -0.3 is 14.3 Å². The lowest BCUT2D eigenvalue weighted by Crippen LogP contribution is -2.53. The fourth-order valence-corrected chi connectivity index (χ4v) is 1.92. The summed E-state index contributed by atoms with van der Waals surface area (Å²) in [4.78, 5) is 37.6. The zero-order valence-electron chi connectivity index (χ0n) is 11.0. The Balaban J connectivity index is 2.03. The van der Waals surface area contributed by atoms with Crippen LogP contribution in [0.4, 0.5) is 0 Å². The quantitative estimate of drug-likeness (QED) is 0.299. The highest BCUT2D eigenvalue weighted by molar-refractivity contribution is 6.35. The largest absolute Gasteiger partial charge is 0.359 e. The maximum absolute atomic E-state index is 11.9. The van der Waals surface area contributed by atoms with Crippen LogP contribution in [0.5, 0.6) is 0 Å². The van der Waals surface area contributed by atoms with Crippen LogP contribution in [0.3, 0.4) is 0 Å². The third-order valence-electron chi connectivity index (χ3n) is 3.05. The van der Waals surface area contributed by atoms with E-state index in [0.717, 1.165) is 0 Å². The number of hydrogen-bond donors (Lipinski definition) is 2. The number of nitrogens with zero attached hydrogens (tertiary/aromatic N) is 3. The molecule has 1 aromatic rings. The van der Waals surface area contributed by atoms with E-state index < -0.39 is 17.7 Å². The number of hydrazine groups is 1. The van der Waals surface area contributed by atoms with Crippen LogP contribution < -0.4 is 11.3 Å². The van der Waals surface area contributed by atoms with Gasteiger partial charge in [-0.2, -0.15) is 0 Å². The van der Waals surface area contributed by atoms with Crippen LogP contribution in [0.25, 0.3) is 0 Å². The van der Waals surface area contributed by atoms with Crippen LogP contribution in [-0.2, 0) is 16.1 Å². The molecular formula is C11H15N5O4. The van der Waals surface area contributed by atoms with Crippen molar-refractivity contribution in [3.8, 4) is 0 Å². The van der Waals surface area contributed by atoms with Gasteiger partial charge in [0.2, 0.25) is 0 Å². The summed E-state index contributed by atoms with van der Waals surface area (Å²) in [7, 11) is 0. The second-order valence-electron chi connectivity index (χ2n) is 4.26. The molecule has 3 N–H and O–H groups in total. The fourth-order valence-electron chi connectivity index (χ4n) is 1.92. The van der Waals surface area contributed by atoms with Crippen LogP contribution in [0.2, 0.25) is 0 Å². The first-order valence-corrected chi connectivity index (χ1v) is 6.11. The monoisotopic (exact) mass is 281 g/mol. The Labute approximate surface area is 114 Å². The topological polar surface area (TPSA) is 122 Å². The molecule has 20 heavy (non-hydrogen) atoms. The molecule has 2 rings (SSSR count). The van der Waals surface area contributed by atoms with E-state index in [1.165, 1.54) is 15.9 Å². The third kappa shape index (κ3) is 2.62. The van der Waals surface area contributed by atoms with Crippen molar-refractivity contribution in [1.29, 1.82) is 0 Å². The number of nitrogens with two attached hydrogens (primary N) is 1. The molecule has 1 aliphatic rings. The van der Waals surface area contributed by atoms with Gasteiger partial charge in [-0.1, -0.05) is 5.16 Å². The van der Waals surface area contributed by atoms with Crippen molar-refractivity contribution in [2.45, 2.75) is 13.5 Å². The van der Waals surface area contributed by atoms with Gasteiger partial charge >= 0.3 is 11.8 Å². The van der Waals surface area contributed by atoms with Crippen LogP contribution in [-0.4, -0.2) is 52.3 Å². The lowest BCUT2D eigenvalue weighted by atomic mass is 10.2. The standard InChI is InChI=1S/C11H15N5O4/c1-2-15-3-4-16(11(19)10(15)18)6-7-5-8(14-20-7)9(17)13-12/h5H,2-4,6,12H2,1H3,(H,13,17). The highest BCUT2D eigenvalue weighted by atomic mass is 16.5. The summed E-state index contributed by atoms with van der Waals surface area (Å²) in [6, 6.07) is 1.38.